The molecule has 0 aliphatic rings. The van der Waals surface area contributed by atoms with E-state index in [9.17, 15) is 0 Å². The van der Waals surface area contributed by atoms with Crippen molar-refractivity contribution >= 4 is 21.8 Å². The molecule has 0 aliphatic carbocycles. The zero-order chi connectivity index (χ0) is 39.7. The van der Waals surface area contributed by atoms with Crippen LogP contribution >= 0.6 is 0 Å². The normalized spacial score (nSPS) is 12.9. The van der Waals surface area contributed by atoms with Gasteiger partial charge in [-0.25, -0.2) is 9.67 Å². The second kappa shape index (κ2) is 13.5. The van der Waals surface area contributed by atoms with Crippen molar-refractivity contribution in [3.8, 4) is 34.1 Å². The zero-order valence-corrected chi connectivity index (χ0v) is 35.2. The van der Waals surface area contributed by atoms with Crippen molar-refractivity contribution in [1.82, 2.24) is 19.3 Å². The third kappa shape index (κ3) is 7.22. The molecule has 0 N–H and O–H groups in total. The molecule has 3 heterocycles. The molecule has 0 amide bonds. The van der Waals surface area contributed by atoms with Crippen LogP contribution in [0.3, 0.4) is 0 Å². The number of hydrogen-bond donors (Lipinski definition) is 0. The number of aryl methyl sites for hydroxylation is 1. The Morgan fingerprint density at radius 3 is 2.00 bits per heavy atom. The van der Waals surface area contributed by atoms with Crippen LogP contribution in [0.1, 0.15) is 118 Å². The fraction of sp³-hybridized carbons (Fsp3) is 0.360. The molecule has 5 nitrogen and oxygen atoms in total. The van der Waals surface area contributed by atoms with Crippen molar-refractivity contribution < 1.29 is 4.74 Å². The van der Waals surface area contributed by atoms with Crippen molar-refractivity contribution in [1.29, 1.82) is 0 Å². The molecule has 0 spiro atoms. The first-order valence-corrected chi connectivity index (χ1v) is 19.8. The molecular formula is C50H58N4O. The van der Waals surface area contributed by atoms with Gasteiger partial charge in [-0.15, -0.1) is 0 Å². The highest BCUT2D eigenvalue weighted by Gasteiger charge is 2.33. The highest BCUT2D eigenvalue weighted by atomic mass is 16.5. The van der Waals surface area contributed by atoms with Crippen LogP contribution in [0.25, 0.3) is 44.4 Å². The molecule has 3 aromatic heterocycles. The summed E-state index contributed by atoms with van der Waals surface area (Å²) in [6.45, 7) is 29.4. The zero-order valence-electron chi connectivity index (χ0n) is 35.2. The van der Waals surface area contributed by atoms with Crippen LogP contribution in [0.2, 0.25) is 0 Å². The van der Waals surface area contributed by atoms with E-state index in [0.29, 0.717) is 0 Å². The van der Waals surface area contributed by atoms with Crippen LogP contribution < -0.4 is 4.74 Å². The molecule has 284 valence electrons. The van der Waals surface area contributed by atoms with Gasteiger partial charge in [0.25, 0.3) is 0 Å². The van der Waals surface area contributed by atoms with Crippen molar-refractivity contribution in [3.63, 3.8) is 0 Å². The second-order valence-corrected chi connectivity index (χ2v) is 19.1. The van der Waals surface area contributed by atoms with E-state index in [1.54, 1.807) is 0 Å². The van der Waals surface area contributed by atoms with E-state index in [1.165, 1.54) is 38.7 Å². The lowest BCUT2D eigenvalue weighted by atomic mass is 9.81. The van der Waals surface area contributed by atoms with E-state index in [4.69, 9.17) is 14.8 Å². The second-order valence-electron chi connectivity index (χ2n) is 19.1. The lowest BCUT2D eigenvalue weighted by Crippen LogP contribution is -2.18. The lowest BCUT2D eigenvalue weighted by Gasteiger charge is -2.24. The number of fused-ring (bicyclic) bond motifs is 3. The first-order chi connectivity index (χ1) is 25.8. The number of ether oxygens (including phenoxy) is 1. The molecule has 5 heteroatoms. The Kier molecular flexibility index (Phi) is 9.39. The van der Waals surface area contributed by atoms with Crippen LogP contribution in [0.15, 0.2) is 103 Å². The van der Waals surface area contributed by atoms with Crippen molar-refractivity contribution in [3.05, 3.63) is 131 Å². The van der Waals surface area contributed by atoms with Gasteiger partial charge in [0.05, 0.1) is 28.1 Å². The van der Waals surface area contributed by atoms with E-state index in [1.807, 2.05) is 6.20 Å². The molecule has 0 aliphatic heterocycles. The maximum atomic E-state index is 6.83. The summed E-state index contributed by atoms with van der Waals surface area (Å²) in [6, 6.07) is 34.9. The Balaban J connectivity index is 1.39. The molecule has 0 saturated heterocycles. The quantitative estimate of drug-likeness (QED) is 0.164. The van der Waals surface area contributed by atoms with E-state index in [2.05, 4.69) is 196 Å². The number of aromatic nitrogens is 4. The number of pyridine rings is 1. The number of hydrogen-bond acceptors (Lipinski definition) is 3. The Bertz CT molecular complexity index is 2530. The summed E-state index contributed by atoms with van der Waals surface area (Å²) >= 11 is 0. The van der Waals surface area contributed by atoms with Crippen molar-refractivity contribution in [2.75, 3.05) is 0 Å². The van der Waals surface area contributed by atoms with Crippen molar-refractivity contribution in [2.45, 2.75) is 118 Å². The number of nitrogens with zero attached hydrogens (tertiary/aromatic N) is 4. The van der Waals surface area contributed by atoms with Crippen LogP contribution in [0.4, 0.5) is 0 Å². The molecule has 0 fully saturated rings. The summed E-state index contributed by atoms with van der Waals surface area (Å²) in [5, 5.41) is 7.80. The molecule has 0 bridgehead atoms. The van der Waals surface area contributed by atoms with Gasteiger partial charge in [-0.3, -0.25) is 4.57 Å². The van der Waals surface area contributed by atoms with Crippen LogP contribution in [0.5, 0.6) is 11.5 Å². The minimum Gasteiger partial charge on any atom is -0.457 e. The number of rotatable bonds is 7. The maximum absolute atomic E-state index is 6.83. The fourth-order valence-electron chi connectivity index (χ4n) is 7.69. The van der Waals surface area contributed by atoms with E-state index in [0.717, 1.165) is 51.7 Å². The Hall–Kier alpha value is -5.16. The van der Waals surface area contributed by atoms with Gasteiger partial charge < -0.3 is 4.74 Å². The Morgan fingerprint density at radius 1 is 0.618 bits per heavy atom. The summed E-state index contributed by atoms with van der Waals surface area (Å²) in [4.78, 5) is 4.94. The summed E-state index contributed by atoms with van der Waals surface area (Å²) in [5.74, 6) is 2.44. The van der Waals surface area contributed by atoms with Gasteiger partial charge in [-0.05, 0) is 95.0 Å². The topological polar surface area (TPSA) is 44.9 Å². The average Bonchev–Trinajstić information content (AvgIpc) is 3.69. The summed E-state index contributed by atoms with van der Waals surface area (Å²) in [5.41, 5.74) is 11.2. The molecule has 7 rings (SSSR count). The molecule has 55 heavy (non-hydrogen) atoms. The van der Waals surface area contributed by atoms with Gasteiger partial charge in [-0.1, -0.05) is 119 Å². The summed E-state index contributed by atoms with van der Waals surface area (Å²) in [6.07, 6.45) is 3.00. The van der Waals surface area contributed by atoms with Crippen LogP contribution in [-0.4, -0.2) is 19.3 Å². The van der Waals surface area contributed by atoms with Gasteiger partial charge in [0.15, 0.2) is 0 Å². The minimum absolute atomic E-state index is 0.0111. The smallest absolute Gasteiger partial charge is 0.137 e. The largest absolute Gasteiger partial charge is 0.457 e. The highest BCUT2D eigenvalue weighted by Crippen LogP contribution is 2.43. The van der Waals surface area contributed by atoms with Gasteiger partial charge >= 0.3 is 0 Å². The third-order valence-electron chi connectivity index (χ3n) is 11.1. The van der Waals surface area contributed by atoms with E-state index < -0.39 is 0 Å². The molecule has 0 atom stereocenters. The fourth-order valence-corrected chi connectivity index (χ4v) is 7.69. The van der Waals surface area contributed by atoms with Gasteiger partial charge in [0.2, 0.25) is 0 Å². The van der Waals surface area contributed by atoms with E-state index in [-0.39, 0.29) is 21.7 Å². The summed E-state index contributed by atoms with van der Waals surface area (Å²) in [7, 11) is 0. The highest BCUT2D eigenvalue weighted by molar-refractivity contribution is 6.09. The monoisotopic (exact) mass is 730 g/mol. The molecule has 4 aromatic carbocycles. The first kappa shape index (κ1) is 38.1. The van der Waals surface area contributed by atoms with Gasteiger partial charge in [0.1, 0.15) is 17.3 Å². The first-order valence-electron chi connectivity index (χ1n) is 19.8. The summed E-state index contributed by atoms with van der Waals surface area (Å²) < 4.78 is 11.3. The Labute approximate surface area is 328 Å². The predicted octanol–water partition coefficient (Wildman–Crippen LogP) is 13.7. The van der Waals surface area contributed by atoms with Gasteiger partial charge in [-0.2, -0.15) is 5.10 Å². The third-order valence-corrected chi connectivity index (χ3v) is 11.1. The maximum Gasteiger partial charge on any atom is 0.137 e. The van der Waals surface area contributed by atoms with Crippen molar-refractivity contribution in [2.24, 2.45) is 0 Å². The SMILES string of the molecule is CCC(C)(C)c1ccc2c(c1)c1ccc(Oc3cc(C)cc(-n4nc(C(C)(C)C)c(-c5ccccc5)c4C(C)(C)C)c3)cc1n2-c1cc(C(C)(C)C)ccn1. The predicted molar refractivity (Wildman–Crippen MR) is 232 cm³/mol. The average molecular weight is 731 g/mol. The number of benzene rings is 4. The van der Waals surface area contributed by atoms with Crippen LogP contribution in [-0.2, 0) is 21.7 Å². The van der Waals surface area contributed by atoms with Gasteiger partial charge in [0, 0.05) is 45.5 Å². The molecular weight excluding hydrogens is 673 g/mol. The standard InChI is InChI=1S/C50H58N4O/c1-14-50(12,13)35-20-23-41-40(28-35)39-22-21-37(31-42(39)53(41)43-29-34(24-25-51-43)47(3,4)5)55-38-27-32(2)26-36(30-38)54-46(49(9,10)11)44(33-18-16-15-17-19-33)45(52-54)48(6,7)8/h15-31H,14H2,1-13H3. The van der Waals surface area contributed by atoms with E-state index >= 15 is 0 Å². The molecule has 0 unspecified atom stereocenters. The molecule has 0 saturated carbocycles. The molecule has 7 aromatic rings. The van der Waals surface area contributed by atoms with Crippen LogP contribution in [0, 0.1) is 6.92 Å². The minimum atomic E-state index is -0.185. The molecule has 0 radical (unpaired) electrons. The Morgan fingerprint density at radius 2 is 1.35 bits per heavy atom. The lowest BCUT2D eigenvalue weighted by molar-refractivity contribution is 0.481.